The van der Waals surface area contributed by atoms with E-state index in [1.165, 1.54) is 4.72 Å². The third-order valence-electron chi connectivity index (χ3n) is 1.14. The second-order valence-electron chi connectivity index (χ2n) is 2.20. The van der Waals surface area contributed by atoms with Crippen molar-refractivity contribution in [1.82, 2.24) is 4.72 Å². The first kappa shape index (κ1) is 12.4. The van der Waals surface area contributed by atoms with Gasteiger partial charge in [-0.3, -0.25) is 0 Å². The molecule has 3 nitrogen and oxygen atoms in total. The molecule has 7 heteroatoms. The lowest BCUT2D eigenvalue weighted by Crippen LogP contribution is -2.36. The second kappa shape index (κ2) is 4.61. The van der Waals surface area contributed by atoms with Crippen LogP contribution < -0.4 is 4.72 Å². The van der Waals surface area contributed by atoms with E-state index in [2.05, 4.69) is 0 Å². The molecule has 0 spiro atoms. The predicted octanol–water partition coefficient (Wildman–Crippen LogP) is 1.39. The van der Waals surface area contributed by atoms with Crippen LogP contribution in [0.1, 0.15) is 13.3 Å². The Morgan fingerprint density at radius 3 is 2.31 bits per heavy atom. The van der Waals surface area contributed by atoms with Crippen molar-refractivity contribution >= 4 is 10.0 Å². The summed E-state index contributed by atoms with van der Waals surface area (Å²) < 4.78 is 57.2. The monoisotopic (exact) mass is 217 g/mol. The molecule has 0 aliphatic carbocycles. The Morgan fingerprint density at radius 2 is 1.92 bits per heavy atom. The number of rotatable bonds is 4. The number of alkyl halides is 3. The Balaban J connectivity index is 4.07. The smallest absolute Gasteiger partial charge is 0.207 e. The van der Waals surface area contributed by atoms with Gasteiger partial charge in [-0.2, -0.15) is 13.2 Å². The van der Waals surface area contributed by atoms with E-state index < -0.39 is 15.5 Å². The van der Waals surface area contributed by atoms with Crippen LogP contribution in [0, 0.1) is 0 Å². The molecule has 0 aromatic heterocycles. The van der Waals surface area contributed by atoms with Gasteiger partial charge in [-0.25, -0.2) is 13.1 Å². The number of halogens is 3. The fraction of sp³-hybridized carbons (Fsp3) is 0.667. The summed E-state index contributed by atoms with van der Waals surface area (Å²) in [7, 11) is -5.16. The zero-order chi connectivity index (χ0) is 10.5. The van der Waals surface area contributed by atoms with Gasteiger partial charge in [-0.05, 0) is 13.3 Å². The molecule has 0 aliphatic rings. The summed E-state index contributed by atoms with van der Waals surface area (Å²) in [5, 5.41) is 0. The van der Waals surface area contributed by atoms with E-state index in [0.717, 1.165) is 0 Å². The van der Waals surface area contributed by atoms with E-state index in [1.54, 1.807) is 19.1 Å². The molecule has 0 atom stereocenters. The SMILES string of the molecule is C/C=C/CCNS(=O)(=O)C(F)(F)F. The molecule has 1 N–H and O–H groups in total. The van der Waals surface area contributed by atoms with Crippen molar-refractivity contribution in [2.75, 3.05) is 6.54 Å². The van der Waals surface area contributed by atoms with Gasteiger partial charge in [0.25, 0.3) is 0 Å². The van der Waals surface area contributed by atoms with E-state index in [9.17, 15) is 21.6 Å². The molecule has 0 radical (unpaired) electrons. The Morgan fingerprint density at radius 1 is 1.38 bits per heavy atom. The molecule has 0 aromatic carbocycles. The lowest BCUT2D eigenvalue weighted by molar-refractivity contribution is -0.0447. The van der Waals surface area contributed by atoms with Gasteiger partial charge < -0.3 is 0 Å². The number of hydrogen-bond acceptors (Lipinski definition) is 2. The molecular formula is C6H10F3NO2S. The molecule has 0 saturated carbocycles. The summed E-state index contributed by atoms with van der Waals surface area (Å²) >= 11 is 0. The first-order valence-electron chi connectivity index (χ1n) is 3.48. The fourth-order valence-corrected chi connectivity index (χ4v) is 1.08. The van der Waals surface area contributed by atoms with Crippen molar-refractivity contribution in [3.05, 3.63) is 12.2 Å². The van der Waals surface area contributed by atoms with Crippen LogP contribution in [0.4, 0.5) is 13.2 Å². The number of sulfonamides is 1. The summed E-state index contributed by atoms with van der Waals surface area (Å²) in [6.45, 7) is 1.45. The lowest BCUT2D eigenvalue weighted by atomic mass is 10.4. The maximum absolute atomic E-state index is 11.7. The highest BCUT2D eigenvalue weighted by atomic mass is 32.2. The summed E-state index contributed by atoms with van der Waals surface area (Å²) in [5.74, 6) is 0. The maximum atomic E-state index is 11.7. The Labute approximate surface area is 74.7 Å². The van der Waals surface area contributed by atoms with E-state index in [0.29, 0.717) is 0 Å². The van der Waals surface area contributed by atoms with Crippen molar-refractivity contribution in [1.29, 1.82) is 0 Å². The Hall–Kier alpha value is -0.560. The van der Waals surface area contributed by atoms with Crippen molar-refractivity contribution in [3.63, 3.8) is 0 Å². The van der Waals surface area contributed by atoms with Crippen LogP contribution in [-0.2, 0) is 10.0 Å². The van der Waals surface area contributed by atoms with Gasteiger partial charge in [0.15, 0.2) is 0 Å². The van der Waals surface area contributed by atoms with Gasteiger partial charge in [0, 0.05) is 6.54 Å². The minimum Gasteiger partial charge on any atom is -0.207 e. The standard InChI is InChI=1S/C6H10F3NO2S/c1-2-3-4-5-10-13(11,12)6(7,8)9/h2-3,10H,4-5H2,1H3/b3-2+. The second-order valence-corrected chi connectivity index (χ2v) is 3.96. The molecule has 0 fully saturated rings. The summed E-state index contributed by atoms with van der Waals surface area (Å²) in [6, 6.07) is 0. The Bertz CT molecular complexity index is 268. The molecule has 0 bridgehead atoms. The van der Waals surface area contributed by atoms with E-state index in [-0.39, 0.29) is 13.0 Å². The third-order valence-corrected chi connectivity index (χ3v) is 2.34. The van der Waals surface area contributed by atoms with Crippen LogP contribution in [0.25, 0.3) is 0 Å². The molecule has 0 saturated heterocycles. The molecule has 0 heterocycles. The van der Waals surface area contributed by atoms with E-state index in [4.69, 9.17) is 0 Å². The summed E-state index contributed by atoms with van der Waals surface area (Å²) in [4.78, 5) is 0. The Kier molecular flexibility index (Phi) is 4.41. The van der Waals surface area contributed by atoms with Crippen LogP contribution >= 0.6 is 0 Å². The highest BCUT2D eigenvalue weighted by molar-refractivity contribution is 7.90. The zero-order valence-corrected chi connectivity index (χ0v) is 7.74. The molecule has 13 heavy (non-hydrogen) atoms. The maximum Gasteiger partial charge on any atom is 0.511 e. The van der Waals surface area contributed by atoms with Crippen LogP contribution in [0.3, 0.4) is 0 Å². The fourth-order valence-electron chi connectivity index (χ4n) is 0.525. The predicted molar refractivity (Wildman–Crippen MR) is 42.4 cm³/mol. The summed E-state index contributed by atoms with van der Waals surface area (Å²) in [6.07, 6.45) is 3.44. The minimum atomic E-state index is -5.22. The van der Waals surface area contributed by atoms with Gasteiger partial charge in [-0.15, -0.1) is 0 Å². The highest BCUT2D eigenvalue weighted by Gasteiger charge is 2.45. The number of hydrogen-bond donors (Lipinski definition) is 1. The van der Waals surface area contributed by atoms with Crippen LogP contribution in [0.15, 0.2) is 12.2 Å². The van der Waals surface area contributed by atoms with Crippen molar-refractivity contribution in [3.8, 4) is 0 Å². The topological polar surface area (TPSA) is 46.2 Å². The lowest BCUT2D eigenvalue weighted by Gasteiger charge is -2.07. The molecule has 0 unspecified atom stereocenters. The van der Waals surface area contributed by atoms with Gasteiger partial charge in [0.05, 0.1) is 0 Å². The van der Waals surface area contributed by atoms with Crippen LogP contribution in [0.2, 0.25) is 0 Å². The summed E-state index contributed by atoms with van der Waals surface area (Å²) in [5.41, 5.74) is -5.22. The normalized spacial score (nSPS) is 13.8. The van der Waals surface area contributed by atoms with Crippen molar-refractivity contribution < 1.29 is 21.6 Å². The van der Waals surface area contributed by atoms with Crippen LogP contribution in [0.5, 0.6) is 0 Å². The van der Waals surface area contributed by atoms with E-state index >= 15 is 0 Å². The number of allylic oxidation sites excluding steroid dienone is 1. The highest BCUT2D eigenvalue weighted by Crippen LogP contribution is 2.21. The van der Waals surface area contributed by atoms with E-state index in [1.807, 2.05) is 0 Å². The first-order chi connectivity index (χ1) is 5.81. The first-order valence-corrected chi connectivity index (χ1v) is 4.96. The molecule has 0 aliphatic heterocycles. The van der Waals surface area contributed by atoms with Gasteiger partial charge >= 0.3 is 15.5 Å². The van der Waals surface area contributed by atoms with Crippen molar-refractivity contribution in [2.45, 2.75) is 18.9 Å². The molecule has 78 valence electrons. The zero-order valence-electron chi connectivity index (χ0n) is 6.93. The molecule has 0 aromatic rings. The number of nitrogens with one attached hydrogen (secondary N) is 1. The molecule has 0 amide bonds. The quantitative estimate of drug-likeness (QED) is 0.571. The van der Waals surface area contributed by atoms with Crippen LogP contribution in [-0.4, -0.2) is 20.5 Å². The van der Waals surface area contributed by atoms with Crippen molar-refractivity contribution in [2.24, 2.45) is 0 Å². The van der Waals surface area contributed by atoms with Gasteiger partial charge in [0.1, 0.15) is 0 Å². The largest absolute Gasteiger partial charge is 0.511 e. The van der Waals surface area contributed by atoms with Gasteiger partial charge in [0.2, 0.25) is 0 Å². The van der Waals surface area contributed by atoms with Gasteiger partial charge in [-0.1, -0.05) is 12.2 Å². The molecular weight excluding hydrogens is 207 g/mol. The minimum absolute atomic E-state index is 0.242. The average Bonchev–Trinajstić information content (AvgIpc) is 1.96. The average molecular weight is 217 g/mol. The third kappa shape index (κ3) is 4.28. The molecule has 0 rings (SSSR count).